The molecule has 17 heavy (non-hydrogen) atoms. The van der Waals surface area contributed by atoms with Gasteiger partial charge in [-0.2, -0.15) is 5.10 Å². The maximum Gasteiger partial charge on any atom is 0.0669 e. The summed E-state index contributed by atoms with van der Waals surface area (Å²) in [5, 5.41) is 8.20. The summed E-state index contributed by atoms with van der Waals surface area (Å²) in [5.41, 5.74) is 4.14. The van der Waals surface area contributed by atoms with Gasteiger partial charge in [-0.3, -0.25) is 4.68 Å². The number of unbranched alkanes of at least 4 members (excludes halogenated alkanes) is 1. The van der Waals surface area contributed by atoms with Gasteiger partial charge in [0.2, 0.25) is 0 Å². The average Bonchev–Trinajstić information content (AvgIpc) is 2.70. The lowest BCUT2D eigenvalue weighted by atomic mass is 10.1. The van der Waals surface area contributed by atoms with Gasteiger partial charge in [0.1, 0.15) is 0 Å². The Morgan fingerprint density at radius 2 is 1.88 bits per heavy atom. The third kappa shape index (κ3) is 3.56. The third-order valence-electron chi connectivity index (χ3n) is 3.19. The topological polar surface area (TPSA) is 29.9 Å². The second kappa shape index (κ2) is 7.49. The Morgan fingerprint density at radius 3 is 2.41 bits per heavy atom. The minimum Gasteiger partial charge on any atom is -0.313 e. The fourth-order valence-electron chi connectivity index (χ4n) is 2.22. The molecule has 98 valence electrons. The Kier molecular flexibility index (Phi) is 6.27. The van der Waals surface area contributed by atoms with Crippen molar-refractivity contribution in [3.8, 4) is 0 Å². The molecule has 0 radical (unpaired) electrons. The van der Waals surface area contributed by atoms with Gasteiger partial charge in [-0.15, -0.1) is 0 Å². The third-order valence-corrected chi connectivity index (χ3v) is 3.19. The first kappa shape index (κ1) is 14.2. The van der Waals surface area contributed by atoms with E-state index in [-0.39, 0.29) is 0 Å². The lowest BCUT2D eigenvalue weighted by Gasteiger charge is -2.07. The number of aromatic nitrogens is 2. The van der Waals surface area contributed by atoms with Crippen molar-refractivity contribution in [2.24, 2.45) is 0 Å². The maximum atomic E-state index is 4.77. The molecular weight excluding hydrogens is 210 g/mol. The first-order valence-corrected chi connectivity index (χ1v) is 7.06. The summed E-state index contributed by atoms with van der Waals surface area (Å²) in [6, 6.07) is 0. The van der Waals surface area contributed by atoms with Gasteiger partial charge in [0.15, 0.2) is 0 Å². The van der Waals surface area contributed by atoms with E-state index in [0.717, 1.165) is 32.5 Å². The first-order chi connectivity index (χ1) is 8.28. The van der Waals surface area contributed by atoms with Gasteiger partial charge in [-0.05, 0) is 25.8 Å². The molecule has 0 spiro atoms. The van der Waals surface area contributed by atoms with Gasteiger partial charge in [-0.1, -0.05) is 34.1 Å². The summed E-state index contributed by atoms with van der Waals surface area (Å²) < 4.78 is 2.23. The fourth-order valence-corrected chi connectivity index (χ4v) is 2.22. The van der Waals surface area contributed by atoms with Crippen LogP contribution in [0.4, 0.5) is 0 Å². The minimum absolute atomic E-state index is 0.967. The van der Waals surface area contributed by atoms with E-state index < -0.39 is 0 Å². The molecule has 0 amide bonds. The number of nitrogens with one attached hydrogen (secondary N) is 1. The largest absolute Gasteiger partial charge is 0.313 e. The van der Waals surface area contributed by atoms with Crippen molar-refractivity contribution in [1.82, 2.24) is 15.1 Å². The molecule has 0 aliphatic rings. The summed E-state index contributed by atoms with van der Waals surface area (Å²) in [4.78, 5) is 0. The van der Waals surface area contributed by atoms with Crippen molar-refractivity contribution in [2.45, 2.75) is 66.5 Å². The van der Waals surface area contributed by atoms with Crippen LogP contribution in [0.25, 0.3) is 0 Å². The predicted molar refractivity (Wildman–Crippen MR) is 73.3 cm³/mol. The predicted octanol–water partition coefficient (Wildman–Crippen LogP) is 2.92. The zero-order chi connectivity index (χ0) is 12.7. The van der Waals surface area contributed by atoms with E-state index in [2.05, 4.69) is 37.7 Å². The van der Waals surface area contributed by atoms with Crippen LogP contribution in [-0.2, 0) is 25.9 Å². The highest BCUT2D eigenvalue weighted by molar-refractivity contribution is 5.26. The molecule has 3 heteroatoms. The molecule has 0 saturated heterocycles. The van der Waals surface area contributed by atoms with Crippen LogP contribution < -0.4 is 5.32 Å². The van der Waals surface area contributed by atoms with E-state index in [0.29, 0.717) is 0 Å². The molecule has 1 N–H and O–H groups in total. The molecule has 0 aliphatic carbocycles. The lowest BCUT2D eigenvalue weighted by Crippen LogP contribution is -2.14. The Labute approximate surface area is 106 Å². The summed E-state index contributed by atoms with van der Waals surface area (Å²) in [5.74, 6) is 0. The van der Waals surface area contributed by atoms with Gasteiger partial charge in [0, 0.05) is 24.3 Å². The van der Waals surface area contributed by atoms with Crippen LogP contribution in [0, 0.1) is 0 Å². The Morgan fingerprint density at radius 1 is 1.12 bits per heavy atom. The zero-order valence-electron chi connectivity index (χ0n) is 11.8. The number of nitrogens with zero attached hydrogens (tertiary/aromatic N) is 2. The molecule has 1 aromatic heterocycles. The van der Waals surface area contributed by atoms with Crippen LogP contribution in [-0.4, -0.2) is 16.3 Å². The summed E-state index contributed by atoms with van der Waals surface area (Å²) in [6.45, 7) is 11.9. The number of rotatable bonds is 8. The molecule has 0 fully saturated rings. The molecule has 0 unspecified atom stereocenters. The average molecular weight is 237 g/mol. The smallest absolute Gasteiger partial charge is 0.0669 e. The maximum absolute atomic E-state index is 4.77. The van der Waals surface area contributed by atoms with E-state index >= 15 is 0 Å². The van der Waals surface area contributed by atoms with Crippen LogP contribution in [0.1, 0.15) is 57.5 Å². The van der Waals surface area contributed by atoms with Crippen molar-refractivity contribution in [3.05, 3.63) is 17.0 Å². The minimum atomic E-state index is 0.967. The van der Waals surface area contributed by atoms with Crippen LogP contribution in [0.2, 0.25) is 0 Å². The van der Waals surface area contributed by atoms with Gasteiger partial charge in [0.25, 0.3) is 0 Å². The quantitative estimate of drug-likeness (QED) is 0.753. The molecule has 0 aromatic carbocycles. The molecular formula is C14H27N3. The van der Waals surface area contributed by atoms with E-state index in [1.54, 1.807) is 0 Å². The Hall–Kier alpha value is -0.830. The van der Waals surface area contributed by atoms with Crippen LogP contribution in [0.15, 0.2) is 0 Å². The molecule has 0 saturated carbocycles. The molecule has 1 rings (SSSR count). The van der Waals surface area contributed by atoms with Crippen LogP contribution >= 0.6 is 0 Å². The second-order valence-corrected chi connectivity index (χ2v) is 4.44. The van der Waals surface area contributed by atoms with Crippen molar-refractivity contribution in [1.29, 1.82) is 0 Å². The van der Waals surface area contributed by atoms with Gasteiger partial charge in [-0.25, -0.2) is 0 Å². The lowest BCUT2D eigenvalue weighted by molar-refractivity contribution is 0.545. The van der Waals surface area contributed by atoms with E-state index in [1.807, 2.05) is 0 Å². The molecule has 1 heterocycles. The van der Waals surface area contributed by atoms with Gasteiger partial charge in [0.05, 0.1) is 5.69 Å². The van der Waals surface area contributed by atoms with Gasteiger partial charge < -0.3 is 5.32 Å². The monoisotopic (exact) mass is 237 g/mol. The van der Waals surface area contributed by atoms with Crippen molar-refractivity contribution >= 4 is 0 Å². The van der Waals surface area contributed by atoms with Crippen LogP contribution in [0.3, 0.4) is 0 Å². The Bertz CT molecular complexity index is 328. The summed E-state index contributed by atoms with van der Waals surface area (Å²) in [7, 11) is 0. The van der Waals surface area contributed by atoms with Crippen molar-refractivity contribution in [3.63, 3.8) is 0 Å². The molecule has 0 aliphatic heterocycles. The van der Waals surface area contributed by atoms with Crippen molar-refractivity contribution in [2.75, 3.05) is 6.54 Å². The first-order valence-electron chi connectivity index (χ1n) is 7.06. The molecule has 0 bridgehead atoms. The number of hydrogen-bond donors (Lipinski definition) is 1. The summed E-state index contributed by atoms with van der Waals surface area (Å²) in [6.07, 6.45) is 4.57. The van der Waals surface area contributed by atoms with E-state index in [1.165, 1.54) is 29.8 Å². The van der Waals surface area contributed by atoms with E-state index in [4.69, 9.17) is 5.10 Å². The fraction of sp³-hybridized carbons (Fsp3) is 0.786. The highest BCUT2D eigenvalue weighted by Gasteiger charge is 2.14. The van der Waals surface area contributed by atoms with Crippen LogP contribution in [0.5, 0.6) is 0 Å². The van der Waals surface area contributed by atoms with E-state index in [9.17, 15) is 0 Å². The second-order valence-electron chi connectivity index (χ2n) is 4.44. The Balaban J connectivity index is 2.93. The number of aryl methyl sites for hydroxylation is 2. The zero-order valence-corrected chi connectivity index (χ0v) is 11.8. The SMILES string of the molecule is CCCCn1nc(CC)c(CNCC)c1CC. The molecule has 1 aromatic rings. The summed E-state index contributed by atoms with van der Waals surface area (Å²) >= 11 is 0. The molecule has 0 atom stereocenters. The highest BCUT2D eigenvalue weighted by atomic mass is 15.3. The van der Waals surface area contributed by atoms with Gasteiger partial charge >= 0.3 is 0 Å². The standard InChI is InChI=1S/C14H27N3/c1-5-9-10-17-14(7-3)12(11-15-8-4)13(6-2)16-17/h15H,5-11H2,1-4H3. The number of hydrogen-bond acceptors (Lipinski definition) is 2. The van der Waals surface area contributed by atoms with Crippen molar-refractivity contribution < 1.29 is 0 Å². The normalized spacial score (nSPS) is 11.1. The highest BCUT2D eigenvalue weighted by Crippen LogP contribution is 2.17. The molecule has 3 nitrogen and oxygen atoms in total.